The molecule has 3 aromatic carbocycles. The SMILES string of the molecule is CSc1nc2n(n1)[C@H](c1ccc(C)cc1)C1=C(N2)c2cc(Cl)ccc2O[C@H]1c1ccc(C)cc1. The van der Waals surface area contributed by atoms with E-state index in [-0.39, 0.29) is 12.1 Å². The molecule has 0 saturated heterocycles. The quantitative estimate of drug-likeness (QED) is 0.321. The van der Waals surface area contributed by atoms with E-state index in [2.05, 4.69) is 67.7 Å². The van der Waals surface area contributed by atoms with Crippen molar-refractivity contribution < 1.29 is 4.74 Å². The number of rotatable bonds is 3. The second kappa shape index (κ2) is 8.22. The van der Waals surface area contributed by atoms with Crippen LogP contribution in [-0.2, 0) is 0 Å². The standard InChI is InChI=1S/C27H23ClN4OS/c1-15-4-8-17(9-5-15)24-22-23(29-26-30-27(34-3)31-32(24)26)20-14-19(28)12-13-21(20)33-25(22)18-10-6-16(2)7-11-18/h4-14,24-25H,1-3H3,(H,29,30,31)/t24-,25+/m1/s1. The van der Waals surface area contributed by atoms with Crippen LogP contribution in [-0.4, -0.2) is 21.0 Å². The lowest BCUT2D eigenvalue weighted by Gasteiger charge is -2.39. The summed E-state index contributed by atoms with van der Waals surface area (Å²) in [5, 5.41) is 9.80. The fourth-order valence-corrected chi connectivity index (χ4v) is 5.17. The van der Waals surface area contributed by atoms with E-state index in [1.165, 1.54) is 22.9 Å². The first-order valence-corrected chi connectivity index (χ1v) is 12.7. The average Bonchev–Trinajstić information content (AvgIpc) is 3.27. The molecule has 2 aliphatic rings. The van der Waals surface area contributed by atoms with Gasteiger partial charge < -0.3 is 10.1 Å². The highest BCUT2D eigenvalue weighted by molar-refractivity contribution is 7.98. The average molecular weight is 487 g/mol. The van der Waals surface area contributed by atoms with Crippen molar-refractivity contribution in [3.63, 3.8) is 0 Å². The van der Waals surface area contributed by atoms with Crippen LogP contribution in [0.5, 0.6) is 5.75 Å². The number of aromatic nitrogens is 3. The lowest BCUT2D eigenvalue weighted by Crippen LogP contribution is -2.32. The highest BCUT2D eigenvalue weighted by Crippen LogP contribution is 2.51. The molecule has 0 spiro atoms. The zero-order valence-electron chi connectivity index (χ0n) is 19.0. The Morgan fingerprint density at radius 3 is 2.29 bits per heavy atom. The van der Waals surface area contributed by atoms with Crippen LogP contribution in [0.4, 0.5) is 5.95 Å². The van der Waals surface area contributed by atoms with Gasteiger partial charge in [0.1, 0.15) is 17.9 Å². The van der Waals surface area contributed by atoms with Gasteiger partial charge in [0, 0.05) is 16.2 Å². The van der Waals surface area contributed by atoms with Gasteiger partial charge in [-0.2, -0.15) is 4.98 Å². The van der Waals surface area contributed by atoms with E-state index >= 15 is 0 Å². The van der Waals surface area contributed by atoms with Gasteiger partial charge >= 0.3 is 0 Å². The van der Waals surface area contributed by atoms with Gasteiger partial charge in [0.05, 0.1) is 5.70 Å². The molecule has 0 radical (unpaired) electrons. The van der Waals surface area contributed by atoms with Gasteiger partial charge in [-0.05, 0) is 49.4 Å². The minimum Gasteiger partial charge on any atom is -0.480 e. The van der Waals surface area contributed by atoms with Crippen molar-refractivity contribution in [2.45, 2.75) is 31.1 Å². The molecule has 2 aliphatic heterocycles. The Hall–Kier alpha value is -3.22. The number of ether oxygens (including phenoxy) is 1. The number of anilines is 1. The van der Waals surface area contributed by atoms with E-state index < -0.39 is 0 Å². The Morgan fingerprint density at radius 1 is 0.941 bits per heavy atom. The molecule has 0 bridgehead atoms. The zero-order chi connectivity index (χ0) is 23.4. The fraction of sp³-hybridized carbons (Fsp3) is 0.185. The van der Waals surface area contributed by atoms with E-state index in [0.29, 0.717) is 11.0 Å². The van der Waals surface area contributed by atoms with Crippen molar-refractivity contribution in [1.82, 2.24) is 14.8 Å². The Labute approximate surface area is 207 Å². The fourth-order valence-electron chi connectivity index (χ4n) is 4.65. The number of hydrogen-bond donors (Lipinski definition) is 1. The minimum atomic E-state index is -0.293. The third kappa shape index (κ3) is 3.49. The lowest BCUT2D eigenvalue weighted by atomic mass is 9.84. The van der Waals surface area contributed by atoms with Crippen molar-refractivity contribution in [1.29, 1.82) is 0 Å². The Bertz CT molecular complexity index is 1430. The molecule has 34 heavy (non-hydrogen) atoms. The first-order valence-electron chi connectivity index (χ1n) is 11.1. The zero-order valence-corrected chi connectivity index (χ0v) is 20.6. The number of halogens is 1. The van der Waals surface area contributed by atoms with Crippen LogP contribution in [0, 0.1) is 13.8 Å². The molecule has 0 fully saturated rings. The van der Waals surface area contributed by atoms with Crippen LogP contribution in [0.3, 0.4) is 0 Å². The first kappa shape index (κ1) is 21.3. The second-order valence-electron chi connectivity index (χ2n) is 8.68. The molecule has 0 amide bonds. The van der Waals surface area contributed by atoms with Crippen molar-refractivity contribution >= 4 is 35.0 Å². The number of thioether (sulfide) groups is 1. The summed E-state index contributed by atoms with van der Waals surface area (Å²) in [4.78, 5) is 4.75. The van der Waals surface area contributed by atoms with Crippen molar-refractivity contribution in [2.24, 2.45) is 0 Å². The van der Waals surface area contributed by atoms with Crippen LogP contribution in [0.2, 0.25) is 5.02 Å². The first-order chi connectivity index (χ1) is 16.5. The number of benzene rings is 3. The second-order valence-corrected chi connectivity index (χ2v) is 9.89. The maximum atomic E-state index is 6.68. The van der Waals surface area contributed by atoms with E-state index in [1.807, 2.05) is 29.1 Å². The summed E-state index contributed by atoms with van der Waals surface area (Å²) in [7, 11) is 0. The molecule has 2 atom stereocenters. The van der Waals surface area contributed by atoms with Crippen LogP contribution < -0.4 is 10.1 Å². The number of aryl methyl sites for hydroxylation is 2. The molecule has 5 nitrogen and oxygen atoms in total. The maximum absolute atomic E-state index is 6.68. The Morgan fingerprint density at radius 2 is 1.62 bits per heavy atom. The highest BCUT2D eigenvalue weighted by atomic mass is 35.5. The number of nitrogens with one attached hydrogen (secondary N) is 1. The number of hydrogen-bond acceptors (Lipinski definition) is 5. The number of fused-ring (bicyclic) bond motifs is 3. The van der Waals surface area contributed by atoms with Gasteiger partial charge in [0.15, 0.2) is 0 Å². The van der Waals surface area contributed by atoms with Crippen LogP contribution in [0.25, 0.3) is 5.70 Å². The Balaban J connectivity index is 1.63. The van der Waals surface area contributed by atoms with Crippen LogP contribution in [0.15, 0.2) is 77.5 Å². The van der Waals surface area contributed by atoms with Crippen molar-refractivity contribution in [2.75, 3.05) is 11.6 Å². The smallest absolute Gasteiger partial charge is 0.227 e. The molecule has 1 aromatic heterocycles. The molecule has 4 aromatic rings. The topological polar surface area (TPSA) is 52.0 Å². The largest absolute Gasteiger partial charge is 0.480 e. The summed E-state index contributed by atoms with van der Waals surface area (Å²) < 4.78 is 8.66. The third-order valence-electron chi connectivity index (χ3n) is 6.37. The summed E-state index contributed by atoms with van der Waals surface area (Å²) in [6.45, 7) is 4.19. The predicted octanol–water partition coefficient (Wildman–Crippen LogP) is 6.83. The molecule has 7 heteroatoms. The van der Waals surface area contributed by atoms with E-state index in [0.717, 1.165) is 38.9 Å². The van der Waals surface area contributed by atoms with Gasteiger partial charge in [0.2, 0.25) is 11.1 Å². The molecule has 1 N–H and O–H groups in total. The van der Waals surface area contributed by atoms with Gasteiger partial charge in [0.25, 0.3) is 0 Å². The van der Waals surface area contributed by atoms with Gasteiger partial charge in [-0.3, -0.25) is 0 Å². The predicted molar refractivity (Wildman–Crippen MR) is 138 cm³/mol. The molecule has 0 saturated carbocycles. The van der Waals surface area contributed by atoms with E-state index in [9.17, 15) is 0 Å². The highest BCUT2D eigenvalue weighted by Gasteiger charge is 2.41. The molecule has 170 valence electrons. The monoisotopic (exact) mass is 486 g/mol. The molecule has 6 rings (SSSR count). The molecular formula is C27H23ClN4OS. The number of nitrogens with zero attached hydrogens (tertiary/aromatic N) is 3. The minimum absolute atomic E-state index is 0.182. The normalized spacial score (nSPS) is 18.5. The van der Waals surface area contributed by atoms with Crippen LogP contribution >= 0.6 is 23.4 Å². The third-order valence-corrected chi connectivity index (χ3v) is 7.14. The summed E-state index contributed by atoms with van der Waals surface area (Å²) in [5.74, 6) is 1.51. The van der Waals surface area contributed by atoms with Gasteiger partial charge in [-0.25, -0.2) is 4.68 Å². The lowest BCUT2D eigenvalue weighted by molar-refractivity contribution is 0.223. The van der Waals surface area contributed by atoms with Crippen molar-refractivity contribution in [3.05, 3.63) is 105 Å². The van der Waals surface area contributed by atoms with E-state index in [1.54, 1.807) is 0 Å². The molecular weight excluding hydrogens is 464 g/mol. The molecule has 0 aliphatic carbocycles. The van der Waals surface area contributed by atoms with Crippen molar-refractivity contribution in [3.8, 4) is 5.75 Å². The molecule has 3 heterocycles. The van der Waals surface area contributed by atoms with E-state index in [4.69, 9.17) is 26.4 Å². The maximum Gasteiger partial charge on any atom is 0.227 e. The summed E-state index contributed by atoms with van der Waals surface area (Å²) in [6.07, 6.45) is 1.70. The van der Waals surface area contributed by atoms with Gasteiger partial charge in [-0.15, -0.1) is 5.10 Å². The summed E-state index contributed by atoms with van der Waals surface area (Å²) in [6, 6.07) is 22.7. The summed E-state index contributed by atoms with van der Waals surface area (Å²) >= 11 is 7.96. The summed E-state index contributed by atoms with van der Waals surface area (Å²) in [5.41, 5.74) is 7.64. The van der Waals surface area contributed by atoms with Gasteiger partial charge in [-0.1, -0.05) is 83.0 Å². The van der Waals surface area contributed by atoms with Crippen LogP contribution in [0.1, 0.15) is 40.0 Å². The Kier molecular flexibility index (Phi) is 5.15. The molecule has 0 unspecified atom stereocenters.